The Labute approximate surface area is 143 Å². The molecule has 2 N–H and O–H groups in total. The number of halogens is 2. The van der Waals surface area contributed by atoms with Gasteiger partial charge in [0.1, 0.15) is 17.4 Å². The molecule has 0 bridgehead atoms. The summed E-state index contributed by atoms with van der Waals surface area (Å²) in [5.41, 5.74) is 0. The molecule has 2 amide bonds. The van der Waals surface area contributed by atoms with Crippen molar-refractivity contribution in [2.45, 2.75) is 20.0 Å². The van der Waals surface area contributed by atoms with Crippen LogP contribution in [0.25, 0.3) is 0 Å². The van der Waals surface area contributed by atoms with Crippen molar-refractivity contribution in [2.24, 2.45) is 0 Å². The van der Waals surface area contributed by atoms with Crippen molar-refractivity contribution < 1.29 is 23.4 Å². The summed E-state index contributed by atoms with van der Waals surface area (Å²) in [7, 11) is 0. The van der Waals surface area contributed by atoms with Gasteiger partial charge in [0.05, 0.1) is 18.5 Å². The molecule has 0 aliphatic heterocycles. The summed E-state index contributed by atoms with van der Waals surface area (Å²) in [5.74, 6) is -1.42. The average Bonchev–Trinajstić information content (AvgIpc) is 2.53. The zero-order chi connectivity index (χ0) is 18.4. The Morgan fingerprint density at radius 1 is 1.28 bits per heavy atom. The topological polar surface area (TPSA) is 87.6 Å². The highest BCUT2D eigenvalue weighted by Crippen LogP contribution is 2.21. The van der Waals surface area contributed by atoms with Crippen LogP contribution in [-0.2, 0) is 0 Å². The van der Waals surface area contributed by atoms with E-state index in [0.29, 0.717) is 6.54 Å². The van der Waals surface area contributed by atoms with E-state index in [-0.39, 0.29) is 24.0 Å². The van der Waals surface area contributed by atoms with Crippen LogP contribution in [0.4, 0.5) is 19.4 Å². The minimum absolute atomic E-state index is 0.0133. The molecule has 1 aromatic heterocycles. The third-order valence-electron chi connectivity index (χ3n) is 3.08. The van der Waals surface area contributed by atoms with Gasteiger partial charge >= 0.3 is 6.03 Å². The number of aromatic nitrogens is 2. The van der Waals surface area contributed by atoms with Crippen molar-refractivity contribution in [1.82, 2.24) is 14.9 Å². The van der Waals surface area contributed by atoms with E-state index >= 15 is 0 Å². The predicted octanol–water partition coefficient (Wildman–Crippen LogP) is 2.78. The van der Waals surface area contributed by atoms with Crippen molar-refractivity contribution in [1.29, 1.82) is 0 Å². The van der Waals surface area contributed by atoms with Crippen LogP contribution in [0.15, 0.2) is 30.6 Å². The largest absolute Gasteiger partial charge is 0.437 e. The molecule has 0 radical (unpaired) electrons. The van der Waals surface area contributed by atoms with E-state index in [1.54, 1.807) is 13.8 Å². The number of amides is 2. The Kier molecular flexibility index (Phi) is 6.18. The summed E-state index contributed by atoms with van der Waals surface area (Å²) in [4.78, 5) is 21.3. The number of likely N-dealkylation sites (N-methyl/N-ethyl adjacent to an activating group) is 1. The molecule has 0 fully saturated rings. The maximum atomic E-state index is 13.1. The number of nitrogens with one attached hydrogen (secondary N) is 1. The van der Waals surface area contributed by atoms with Gasteiger partial charge in [-0.25, -0.2) is 23.5 Å². The van der Waals surface area contributed by atoms with Gasteiger partial charge in [0.2, 0.25) is 5.88 Å². The van der Waals surface area contributed by atoms with Gasteiger partial charge in [0.25, 0.3) is 0 Å². The predicted molar refractivity (Wildman–Crippen MR) is 86.4 cm³/mol. The van der Waals surface area contributed by atoms with E-state index < -0.39 is 23.8 Å². The Bertz CT molecular complexity index is 706. The van der Waals surface area contributed by atoms with Crippen molar-refractivity contribution >= 4 is 11.8 Å². The standard InChI is InChI=1S/C16H18F2N4O3/c1-3-22(9-10(2)23)16(24)21-14-7-20-15(8-19-14)25-13-5-11(17)4-12(18)6-13/h4-8,10,23H,3,9H2,1-2H3,(H,19,21,24)/t10-/m0/s1. The number of carbonyl (C=O) groups excluding carboxylic acids is 1. The van der Waals surface area contributed by atoms with Gasteiger partial charge in [0, 0.05) is 31.3 Å². The molecular formula is C16H18F2N4O3. The van der Waals surface area contributed by atoms with Crippen LogP contribution in [0.5, 0.6) is 11.6 Å². The molecule has 0 saturated carbocycles. The molecule has 7 nitrogen and oxygen atoms in total. The summed E-state index contributed by atoms with van der Waals surface area (Å²) < 4.78 is 31.4. The quantitative estimate of drug-likeness (QED) is 0.835. The average molecular weight is 352 g/mol. The molecule has 1 atom stereocenters. The van der Waals surface area contributed by atoms with Gasteiger partial charge in [-0.1, -0.05) is 0 Å². The van der Waals surface area contributed by atoms with Crippen molar-refractivity contribution in [2.75, 3.05) is 18.4 Å². The van der Waals surface area contributed by atoms with E-state index in [0.717, 1.165) is 18.2 Å². The lowest BCUT2D eigenvalue weighted by molar-refractivity contribution is 0.141. The number of aliphatic hydroxyl groups is 1. The number of hydrogen-bond acceptors (Lipinski definition) is 5. The Balaban J connectivity index is 2.00. The highest BCUT2D eigenvalue weighted by atomic mass is 19.1. The first-order valence-electron chi connectivity index (χ1n) is 7.57. The monoisotopic (exact) mass is 352 g/mol. The fourth-order valence-electron chi connectivity index (χ4n) is 2.00. The molecular weight excluding hydrogens is 334 g/mol. The van der Waals surface area contributed by atoms with Gasteiger partial charge in [-0.2, -0.15) is 0 Å². The second-order valence-electron chi connectivity index (χ2n) is 5.26. The first kappa shape index (κ1) is 18.5. The number of rotatable bonds is 6. The number of benzene rings is 1. The summed E-state index contributed by atoms with van der Waals surface area (Å²) in [6, 6.07) is 2.31. The summed E-state index contributed by atoms with van der Waals surface area (Å²) in [5, 5.41) is 11.9. The molecule has 0 saturated heterocycles. The molecule has 0 unspecified atom stereocenters. The number of anilines is 1. The summed E-state index contributed by atoms with van der Waals surface area (Å²) in [6.45, 7) is 3.96. The van der Waals surface area contributed by atoms with Gasteiger partial charge in [-0.3, -0.25) is 5.32 Å². The van der Waals surface area contributed by atoms with Crippen molar-refractivity contribution in [3.63, 3.8) is 0 Å². The number of urea groups is 1. The second-order valence-corrected chi connectivity index (χ2v) is 5.26. The van der Waals surface area contributed by atoms with E-state index in [2.05, 4.69) is 15.3 Å². The Morgan fingerprint density at radius 3 is 2.48 bits per heavy atom. The van der Waals surface area contributed by atoms with Crippen LogP contribution in [0, 0.1) is 11.6 Å². The number of ether oxygens (including phenoxy) is 1. The maximum Gasteiger partial charge on any atom is 0.323 e. The van der Waals surface area contributed by atoms with Gasteiger partial charge < -0.3 is 14.7 Å². The normalized spacial score (nSPS) is 11.7. The number of carbonyl (C=O) groups is 1. The van der Waals surface area contributed by atoms with Gasteiger partial charge in [0.15, 0.2) is 5.82 Å². The van der Waals surface area contributed by atoms with Crippen LogP contribution in [0.2, 0.25) is 0 Å². The molecule has 134 valence electrons. The Hall–Kier alpha value is -2.81. The van der Waals surface area contributed by atoms with Crippen LogP contribution in [-0.4, -0.2) is 45.2 Å². The van der Waals surface area contributed by atoms with E-state index in [1.807, 2.05) is 0 Å². The first-order chi connectivity index (χ1) is 11.9. The van der Waals surface area contributed by atoms with Crippen LogP contribution in [0.3, 0.4) is 0 Å². The molecule has 2 aromatic rings. The second kappa shape index (κ2) is 8.34. The summed E-state index contributed by atoms with van der Waals surface area (Å²) in [6.07, 6.45) is 1.81. The fourth-order valence-corrected chi connectivity index (χ4v) is 2.00. The summed E-state index contributed by atoms with van der Waals surface area (Å²) >= 11 is 0. The minimum atomic E-state index is -0.774. The van der Waals surface area contributed by atoms with Crippen molar-refractivity contribution in [3.8, 4) is 11.6 Å². The molecule has 0 spiro atoms. The SMILES string of the molecule is CCN(C[C@H](C)O)C(=O)Nc1cnc(Oc2cc(F)cc(F)c2)cn1. The molecule has 0 aliphatic rings. The third-order valence-corrected chi connectivity index (χ3v) is 3.08. The fraction of sp³-hybridized carbons (Fsp3) is 0.312. The van der Waals surface area contributed by atoms with Gasteiger partial charge in [-0.15, -0.1) is 0 Å². The smallest absolute Gasteiger partial charge is 0.323 e. The number of hydrogen-bond donors (Lipinski definition) is 2. The molecule has 1 aromatic carbocycles. The first-order valence-corrected chi connectivity index (χ1v) is 7.57. The molecule has 2 rings (SSSR count). The number of nitrogens with zero attached hydrogens (tertiary/aromatic N) is 3. The van der Waals surface area contributed by atoms with Gasteiger partial charge in [-0.05, 0) is 13.8 Å². The highest BCUT2D eigenvalue weighted by molar-refractivity contribution is 5.88. The number of aliphatic hydroxyl groups excluding tert-OH is 1. The highest BCUT2D eigenvalue weighted by Gasteiger charge is 2.14. The van der Waals surface area contributed by atoms with Crippen molar-refractivity contribution in [3.05, 3.63) is 42.2 Å². The Morgan fingerprint density at radius 2 is 1.96 bits per heavy atom. The van der Waals surface area contributed by atoms with E-state index in [4.69, 9.17) is 4.74 Å². The minimum Gasteiger partial charge on any atom is -0.437 e. The molecule has 0 aliphatic carbocycles. The van der Waals surface area contributed by atoms with Crippen LogP contribution in [0.1, 0.15) is 13.8 Å². The lowest BCUT2D eigenvalue weighted by Gasteiger charge is -2.22. The third kappa shape index (κ3) is 5.64. The van der Waals surface area contributed by atoms with E-state index in [9.17, 15) is 18.7 Å². The zero-order valence-corrected chi connectivity index (χ0v) is 13.7. The van der Waals surface area contributed by atoms with Crippen LogP contribution >= 0.6 is 0 Å². The molecule has 9 heteroatoms. The molecule has 1 heterocycles. The van der Waals surface area contributed by atoms with Crippen LogP contribution < -0.4 is 10.1 Å². The lowest BCUT2D eigenvalue weighted by atomic mass is 10.3. The van der Waals surface area contributed by atoms with E-state index in [1.165, 1.54) is 17.3 Å². The zero-order valence-electron chi connectivity index (χ0n) is 13.7. The molecule has 25 heavy (non-hydrogen) atoms. The lowest BCUT2D eigenvalue weighted by Crippen LogP contribution is -2.39. The maximum absolute atomic E-state index is 13.1.